The van der Waals surface area contributed by atoms with Crippen molar-refractivity contribution in [2.45, 2.75) is 57.2 Å². The molecular formula is C29H36O4Si. The first-order valence-electron chi connectivity index (χ1n) is 11.8. The summed E-state index contributed by atoms with van der Waals surface area (Å²) >= 11 is 0. The summed E-state index contributed by atoms with van der Waals surface area (Å²) in [5.41, 5.74) is 2.00. The maximum atomic E-state index is 13.1. The molecule has 0 bridgehead atoms. The number of rotatable bonds is 10. The van der Waals surface area contributed by atoms with E-state index in [0.29, 0.717) is 24.8 Å². The van der Waals surface area contributed by atoms with Crippen LogP contribution in [0, 0.1) is 0 Å². The summed E-state index contributed by atoms with van der Waals surface area (Å²) in [6, 6.07) is 28.7. The third-order valence-electron chi connectivity index (χ3n) is 6.82. The number of hydrogen-bond donors (Lipinski definition) is 1. The van der Waals surface area contributed by atoms with Crippen molar-refractivity contribution in [3.63, 3.8) is 0 Å². The largest absolute Gasteiger partial charge is 0.462 e. The molecule has 0 aliphatic heterocycles. The number of esters is 1. The van der Waals surface area contributed by atoms with E-state index in [4.69, 9.17) is 9.47 Å². The lowest BCUT2D eigenvalue weighted by molar-refractivity contribution is 0.0289. The molecule has 0 aromatic heterocycles. The maximum Gasteiger partial charge on any atom is 0.338 e. The van der Waals surface area contributed by atoms with Crippen molar-refractivity contribution >= 4 is 14.0 Å². The van der Waals surface area contributed by atoms with Gasteiger partial charge in [-0.2, -0.15) is 0 Å². The van der Waals surface area contributed by atoms with Crippen LogP contribution in [0.4, 0.5) is 0 Å². The van der Waals surface area contributed by atoms with Crippen molar-refractivity contribution in [3.8, 4) is 0 Å². The number of carbonyl (C=O) groups is 1. The molecule has 5 heteroatoms. The summed E-state index contributed by atoms with van der Waals surface area (Å²) in [6.45, 7) is 9.27. The van der Waals surface area contributed by atoms with E-state index in [1.807, 2.05) is 78.9 Å². The third kappa shape index (κ3) is 6.66. The SMILES string of the molecule is CC(C)(C)[Si](C)(COCc1ccccc1)[C@@H](C[C@@H](O)c1ccccc1)OC(=O)c1ccccc1. The molecule has 3 rings (SSSR count). The molecule has 3 aromatic carbocycles. The Morgan fingerprint density at radius 1 is 0.882 bits per heavy atom. The van der Waals surface area contributed by atoms with Gasteiger partial charge in [0.25, 0.3) is 0 Å². The van der Waals surface area contributed by atoms with Gasteiger partial charge in [0, 0.05) is 12.7 Å². The molecule has 0 aliphatic rings. The van der Waals surface area contributed by atoms with Crippen LogP contribution in [0.3, 0.4) is 0 Å². The smallest absolute Gasteiger partial charge is 0.338 e. The number of ether oxygens (including phenoxy) is 2. The molecule has 0 spiro atoms. The Balaban J connectivity index is 1.87. The van der Waals surface area contributed by atoms with Gasteiger partial charge in [-0.05, 0) is 28.3 Å². The molecule has 1 unspecified atom stereocenters. The molecule has 0 fully saturated rings. The van der Waals surface area contributed by atoms with Gasteiger partial charge in [-0.15, -0.1) is 0 Å². The fourth-order valence-electron chi connectivity index (χ4n) is 3.97. The van der Waals surface area contributed by atoms with E-state index in [1.54, 1.807) is 12.1 Å². The standard InChI is InChI=1S/C29H36O4Si/c1-29(2,3)34(4,22-32-21-23-14-8-5-9-15-23)27(20-26(30)24-16-10-6-11-17-24)33-28(31)25-18-12-7-13-19-25/h5-19,26-27,30H,20-22H2,1-4H3/t26-,27+,34?/m1/s1. The lowest BCUT2D eigenvalue weighted by atomic mass is 10.1. The zero-order chi connectivity index (χ0) is 24.6. The van der Waals surface area contributed by atoms with Crippen molar-refractivity contribution in [2.24, 2.45) is 0 Å². The van der Waals surface area contributed by atoms with Crippen LogP contribution >= 0.6 is 0 Å². The molecule has 0 aliphatic carbocycles. The second-order valence-corrected chi connectivity index (χ2v) is 15.3. The van der Waals surface area contributed by atoms with Crippen molar-refractivity contribution in [1.29, 1.82) is 0 Å². The molecule has 1 N–H and O–H groups in total. The fourth-order valence-corrected chi connectivity index (χ4v) is 7.19. The van der Waals surface area contributed by atoms with E-state index < -0.39 is 19.9 Å². The van der Waals surface area contributed by atoms with Crippen molar-refractivity contribution in [3.05, 3.63) is 108 Å². The van der Waals surface area contributed by atoms with Crippen LogP contribution in [0.2, 0.25) is 11.6 Å². The van der Waals surface area contributed by atoms with Crippen molar-refractivity contribution in [2.75, 3.05) is 6.23 Å². The average Bonchev–Trinajstić information content (AvgIpc) is 2.84. The number of benzene rings is 3. The van der Waals surface area contributed by atoms with Crippen LogP contribution in [0.25, 0.3) is 0 Å². The minimum absolute atomic E-state index is 0.137. The predicted octanol–water partition coefficient (Wildman–Crippen LogP) is 6.51. The summed E-state index contributed by atoms with van der Waals surface area (Å²) in [5.74, 6) is -0.364. The van der Waals surface area contributed by atoms with E-state index >= 15 is 0 Å². The van der Waals surface area contributed by atoms with E-state index in [1.165, 1.54) is 0 Å². The number of hydrogen-bond acceptors (Lipinski definition) is 4. The number of carbonyl (C=O) groups excluding carboxylic acids is 1. The Labute approximate surface area is 204 Å². The van der Waals surface area contributed by atoms with Gasteiger partial charge >= 0.3 is 5.97 Å². The molecule has 0 amide bonds. The van der Waals surface area contributed by atoms with Gasteiger partial charge in [-0.25, -0.2) is 4.79 Å². The van der Waals surface area contributed by atoms with Crippen LogP contribution in [0.15, 0.2) is 91.0 Å². The molecule has 180 valence electrons. The molecular weight excluding hydrogens is 440 g/mol. The van der Waals surface area contributed by atoms with Gasteiger partial charge in [0.1, 0.15) is 8.07 Å². The van der Waals surface area contributed by atoms with Crippen LogP contribution in [0.5, 0.6) is 0 Å². The third-order valence-corrected chi connectivity index (χ3v) is 12.8. The Bertz CT molecular complexity index is 1020. The minimum Gasteiger partial charge on any atom is -0.462 e. The Morgan fingerprint density at radius 2 is 1.41 bits per heavy atom. The first-order valence-corrected chi connectivity index (χ1v) is 14.6. The molecule has 3 aromatic rings. The Hall–Kier alpha value is -2.73. The van der Waals surface area contributed by atoms with Gasteiger partial charge in [-0.1, -0.05) is 106 Å². The lowest BCUT2D eigenvalue weighted by Crippen LogP contribution is -2.58. The van der Waals surface area contributed by atoms with E-state index in [2.05, 4.69) is 27.3 Å². The van der Waals surface area contributed by atoms with Gasteiger partial charge in [0.15, 0.2) is 0 Å². The first kappa shape index (κ1) is 25.9. The quantitative estimate of drug-likeness (QED) is 0.268. The minimum atomic E-state index is -2.45. The summed E-state index contributed by atoms with van der Waals surface area (Å²) in [5, 5.41) is 11.0. The zero-order valence-electron chi connectivity index (χ0n) is 20.6. The fraction of sp³-hybridized carbons (Fsp3) is 0.345. The summed E-state index contributed by atoms with van der Waals surface area (Å²) in [7, 11) is -2.45. The van der Waals surface area contributed by atoms with Gasteiger partial charge in [0.05, 0.1) is 24.0 Å². The lowest BCUT2D eigenvalue weighted by Gasteiger charge is -2.45. The molecule has 0 saturated heterocycles. The Morgan fingerprint density at radius 3 is 1.97 bits per heavy atom. The molecule has 0 heterocycles. The molecule has 3 atom stereocenters. The van der Waals surface area contributed by atoms with Gasteiger partial charge < -0.3 is 14.6 Å². The molecule has 34 heavy (non-hydrogen) atoms. The van der Waals surface area contributed by atoms with E-state index in [0.717, 1.165) is 11.1 Å². The van der Waals surface area contributed by atoms with E-state index in [9.17, 15) is 9.90 Å². The van der Waals surface area contributed by atoms with Gasteiger partial charge in [-0.3, -0.25) is 0 Å². The molecule has 0 radical (unpaired) electrons. The Kier molecular flexibility index (Phi) is 8.83. The number of aliphatic hydroxyl groups excluding tert-OH is 1. The van der Waals surface area contributed by atoms with Crippen LogP contribution < -0.4 is 0 Å². The summed E-state index contributed by atoms with van der Waals surface area (Å²) < 4.78 is 12.5. The van der Waals surface area contributed by atoms with Crippen LogP contribution in [-0.2, 0) is 16.1 Å². The first-order chi connectivity index (χ1) is 16.2. The average molecular weight is 477 g/mol. The maximum absolute atomic E-state index is 13.1. The van der Waals surface area contributed by atoms with Crippen LogP contribution in [-0.4, -0.2) is 31.1 Å². The summed E-state index contributed by atoms with van der Waals surface area (Å²) in [6.07, 6.45) is 0.106. The highest BCUT2D eigenvalue weighted by Gasteiger charge is 2.50. The normalized spacial score (nSPS) is 15.2. The highest BCUT2D eigenvalue weighted by atomic mass is 28.3. The number of aliphatic hydroxyl groups is 1. The summed E-state index contributed by atoms with van der Waals surface area (Å²) in [4.78, 5) is 13.1. The second kappa shape index (κ2) is 11.6. The van der Waals surface area contributed by atoms with E-state index in [-0.39, 0.29) is 11.0 Å². The predicted molar refractivity (Wildman–Crippen MR) is 139 cm³/mol. The van der Waals surface area contributed by atoms with Crippen LogP contribution in [0.1, 0.15) is 54.8 Å². The van der Waals surface area contributed by atoms with Crippen molar-refractivity contribution < 1.29 is 19.4 Å². The zero-order valence-corrected chi connectivity index (χ0v) is 21.6. The molecule has 0 saturated carbocycles. The highest BCUT2D eigenvalue weighted by molar-refractivity contribution is 6.82. The molecule has 4 nitrogen and oxygen atoms in total. The van der Waals surface area contributed by atoms with Crippen molar-refractivity contribution in [1.82, 2.24) is 0 Å². The van der Waals surface area contributed by atoms with Gasteiger partial charge in [0.2, 0.25) is 0 Å². The second-order valence-electron chi connectivity index (χ2n) is 10.1. The topological polar surface area (TPSA) is 55.8 Å². The highest BCUT2D eigenvalue weighted by Crippen LogP contribution is 2.42. The monoisotopic (exact) mass is 476 g/mol.